The molecule has 0 aliphatic carbocycles. The molecule has 0 bridgehead atoms. The van der Waals surface area contributed by atoms with Crippen LogP contribution in [0.3, 0.4) is 0 Å². The molecule has 25 atom stereocenters. The van der Waals surface area contributed by atoms with Gasteiger partial charge in [0.15, 0.2) is 31.5 Å². The van der Waals surface area contributed by atoms with Crippen molar-refractivity contribution < 1.29 is 129 Å². The normalized spacial score (nSPS) is 49.0. The molecule has 0 spiro atoms. The predicted octanol–water partition coefficient (Wildman–Crippen LogP) is -11.6. The monoisotopic (exact) mass is 910 g/mol. The van der Waals surface area contributed by atoms with Crippen LogP contribution in [0.15, 0.2) is 0 Å². The number of aliphatic hydroxyl groups excluding tert-OH is 15. The first-order valence-corrected chi connectivity index (χ1v) is 19.6. The summed E-state index contributed by atoms with van der Waals surface area (Å²) in [4.78, 5) is 24.6. The summed E-state index contributed by atoms with van der Waals surface area (Å²) in [5, 5.41) is 163. The predicted molar refractivity (Wildman–Crippen MR) is 190 cm³/mol. The number of aliphatic hydroxyl groups is 15. The average Bonchev–Trinajstić information content (AvgIpc) is 3.23. The van der Waals surface area contributed by atoms with Crippen molar-refractivity contribution in [2.24, 2.45) is 0 Å². The Morgan fingerprint density at radius 1 is 0.419 bits per heavy atom. The lowest BCUT2D eigenvalue weighted by atomic mass is 9.94. The first-order valence-electron chi connectivity index (χ1n) is 19.6. The highest BCUT2D eigenvalue weighted by atomic mass is 16.8. The van der Waals surface area contributed by atoms with E-state index >= 15 is 0 Å². The van der Waals surface area contributed by atoms with Crippen LogP contribution in [-0.4, -0.2) is 275 Å². The zero-order chi connectivity index (χ0) is 45.9. The minimum atomic E-state index is -2.20. The first kappa shape index (κ1) is 51.0. The quantitative estimate of drug-likeness (QED) is 0.0725. The molecule has 0 saturated carbocycles. The average molecular weight is 911 g/mol. The molecule has 0 aromatic rings. The fourth-order valence-corrected chi connectivity index (χ4v) is 7.73. The van der Waals surface area contributed by atoms with Gasteiger partial charge in [0.05, 0.1) is 33.0 Å². The van der Waals surface area contributed by atoms with Crippen molar-refractivity contribution in [3.63, 3.8) is 0 Å². The molecular formula is C34H58N2O26. The SMILES string of the molecule is CC(=O)N[C@H]1[C@H](OC[C@H]2O[C@@H](O[C@H]3[C@H](O)[C@@H](O)[C@H](O)O[C@@H]3CO)[C@H](O)[C@@H](O[C@@H]3O[C@H](CO)[C@@H](O)[C@H](O[C@@H]4O[C@H](CO)[C@H](O)[C@H](O)[C@H]4O)[C@H]3NC(C)=O)[C@H]2O)O[C@H](CO)[C@@H](O)[C@@H]1O. The van der Waals surface area contributed by atoms with E-state index in [1.165, 1.54) is 0 Å². The van der Waals surface area contributed by atoms with Crippen molar-refractivity contribution in [1.29, 1.82) is 0 Å². The van der Waals surface area contributed by atoms with Gasteiger partial charge >= 0.3 is 0 Å². The molecule has 28 nitrogen and oxygen atoms in total. The highest BCUT2D eigenvalue weighted by Crippen LogP contribution is 2.35. The van der Waals surface area contributed by atoms with Crippen LogP contribution in [-0.2, 0) is 52.2 Å². The van der Waals surface area contributed by atoms with Crippen molar-refractivity contribution >= 4 is 11.8 Å². The van der Waals surface area contributed by atoms with E-state index in [-0.39, 0.29) is 0 Å². The van der Waals surface area contributed by atoms with Gasteiger partial charge in [-0.2, -0.15) is 0 Å². The van der Waals surface area contributed by atoms with Crippen LogP contribution in [0, 0.1) is 0 Å². The minimum absolute atomic E-state index is 0.708. The summed E-state index contributed by atoms with van der Waals surface area (Å²) in [6.07, 6.45) is -42.7. The molecule has 0 unspecified atom stereocenters. The van der Waals surface area contributed by atoms with Gasteiger partial charge in [0.2, 0.25) is 11.8 Å². The fraction of sp³-hybridized carbons (Fsp3) is 0.941. The zero-order valence-corrected chi connectivity index (χ0v) is 33.2. The van der Waals surface area contributed by atoms with Crippen LogP contribution < -0.4 is 10.6 Å². The molecule has 5 rings (SSSR count). The van der Waals surface area contributed by atoms with Crippen LogP contribution in [0.5, 0.6) is 0 Å². The fourth-order valence-electron chi connectivity index (χ4n) is 7.73. The Kier molecular flexibility index (Phi) is 18.1. The van der Waals surface area contributed by atoms with E-state index in [4.69, 9.17) is 42.6 Å². The molecule has 0 aromatic carbocycles. The van der Waals surface area contributed by atoms with Gasteiger partial charge in [-0.3, -0.25) is 9.59 Å². The molecule has 5 saturated heterocycles. The second-order valence-corrected chi connectivity index (χ2v) is 15.5. The van der Waals surface area contributed by atoms with E-state index in [2.05, 4.69) is 10.6 Å². The maximum absolute atomic E-state index is 12.6. The van der Waals surface area contributed by atoms with Gasteiger partial charge in [-0.1, -0.05) is 0 Å². The minimum Gasteiger partial charge on any atom is -0.394 e. The Balaban J connectivity index is 1.47. The Morgan fingerprint density at radius 2 is 0.871 bits per heavy atom. The summed E-state index contributed by atoms with van der Waals surface area (Å²) in [6, 6.07) is -3.21. The molecule has 360 valence electrons. The number of rotatable bonds is 15. The van der Waals surface area contributed by atoms with E-state index in [9.17, 15) is 86.2 Å². The third kappa shape index (κ3) is 11.0. The maximum Gasteiger partial charge on any atom is 0.217 e. The van der Waals surface area contributed by atoms with Gasteiger partial charge in [-0.15, -0.1) is 0 Å². The number of amides is 2. The van der Waals surface area contributed by atoms with Crippen molar-refractivity contribution in [3.8, 4) is 0 Å². The van der Waals surface area contributed by atoms with E-state index in [0.717, 1.165) is 13.8 Å². The highest BCUT2D eigenvalue weighted by Gasteiger charge is 2.56. The summed E-state index contributed by atoms with van der Waals surface area (Å²) in [5.74, 6) is -1.54. The van der Waals surface area contributed by atoms with Crippen molar-refractivity contribution in [3.05, 3.63) is 0 Å². The molecule has 0 radical (unpaired) electrons. The van der Waals surface area contributed by atoms with Crippen LogP contribution in [0.2, 0.25) is 0 Å². The Labute approximate surface area is 351 Å². The lowest BCUT2D eigenvalue weighted by molar-refractivity contribution is -0.382. The molecule has 62 heavy (non-hydrogen) atoms. The van der Waals surface area contributed by atoms with Gasteiger partial charge in [0, 0.05) is 13.8 Å². The van der Waals surface area contributed by atoms with Crippen molar-refractivity contribution in [2.75, 3.05) is 33.0 Å². The Hall–Kier alpha value is -2.02. The second kappa shape index (κ2) is 22.0. The molecule has 28 heteroatoms. The maximum atomic E-state index is 12.6. The molecule has 5 aliphatic rings. The lowest BCUT2D eigenvalue weighted by Crippen LogP contribution is -2.70. The van der Waals surface area contributed by atoms with Crippen LogP contribution in [0.25, 0.3) is 0 Å². The highest BCUT2D eigenvalue weighted by molar-refractivity contribution is 5.73. The topological polar surface area (TPSA) is 445 Å². The third-order valence-corrected chi connectivity index (χ3v) is 11.1. The first-order chi connectivity index (χ1) is 29.3. The molecule has 17 N–H and O–H groups in total. The van der Waals surface area contributed by atoms with Gasteiger partial charge in [-0.25, -0.2) is 0 Å². The van der Waals surface area contributed by atoms with Gasteiger partial charge < -0.3 is 130 Å². The molecule has 0 aromatic heterocycles. The third-order valence-electron chi connectivity index (χ3n) is 11.1. The molecule has 5 heterocycles. The van der Waals surface area contributed by atoms with Gasteiger partial charge in [0.1, 0.15) is 122 Å². The van der Waals surface area contributed by atoms with E-state index < -0.39 is 198 Å². The number of nitrogens with one attached hydrogen (secondary N) is 2. The van der Waals surface area contributed by atoms with Crippen LogP contribution in [0.1, 0.15) is 13.8 Å². The van der Waals surface area contributed by atoms with Crippen molar-refractivity contribution in [1.82, 2.24) is 10.6 Å². The van der Waals surface area contributed by atoms with Gasteiger partial charge in [0.25, 0.3) is 0 Å². The summed E-state index contributed by atoms with van der Waals surface area (Å²) >= 11 is 0. The summed E-state index contributed by atoms with van der Waals surface area (Å²) in [6.45, 7) is -2.34. The number of carbonyl (C=O) groups excluding carboxylic acids is 2. The number of carbonyl (C=O) groups is 2. The largest absolute Gasteiger partial charge is 0.394 e. The van der Waals surface area contributed by atoms with Gasteiger partial charge in [-0.05, 0) is 0 Å². The smallest absolute Gasteiger partial charge is 0.217 e. The number of ether oxygens (including phenoxy) is 9. The standard InChI is InChI=1S/C34H58N2O26/c1-8(41)35-15-21(47)17(43)10(3-37)56-31(15)54-7-14-20(46)29(26(52)34(59-14)60-27-13(6-40)55-30(53)24(50)23(27)49)62-32-16(36-9(2)42)28(19(45)12(5-39)57-32)61-33-25(51)22(48)18(44)11(4-38)58-33/h10-34,37-40,43-53H,3-7H2,1-2H3,(H,35,41)(H,36,42)/t10-,11-,12-,13-,14-,15-,16-,17-,18+,19-,20+,21-,22+,23-,24-,25-,26-,27-,28-,29+,30-,31-,32+,33+,34+/m1/s1. The summed E-state index contributed by atoms with van der Waals surface area (Å²) < 4.78 is 51.1. The van der Waals surface area contributed by atoms with E-state index in [0.29, 0.717) is 0 Å². The Bertz CT molecular complexity index is 1440. The second-order valence-electron chi connectivity index (χ2n) is 15.5. The van der Waals surface area contributed by atoms with E-state index in [1.807, 2.05) is 0 Å². The number of hydrogen-bond acceptors (Lipinski definition) is 26. The lowest BCUT2D eigenvalue weighted by Gasteiger charge is -2.50. The Morgan fingerprint density at radius 3 is 1.45 bits per heavy atom. The summed E-state index contributed by atoms with van der Waals surface area (Å²) in [7, 11) is 0. The molecule has 5 fully saturated rings. The number of hydrogen-bond donors (Lipinski definition) is 17. The molecule has 2 amide bonds. The molecule has 5 aliphatic heterocycles. The molecular weight excluding hydrogens is 852 g/mol. The van der Waals surface area contributed by atoms with Crippen LogP contribution in [0.4, 0.5) is 0 Å². The summed E-state index contributed by atoms with van der Waals surface area (Å²) in [5.41, 5.74) is 0. The van der Waals surface area contributed by atoms with Crippen LogP contribution >= 0.6 is 0 Å². The zero-order valence-electron chi connectivity index (χ0n) is 33.2. The van der Waals surface area contributed by atoms with E-state index in [1.54, 1.807) is 0 Å². The van der Waals surface area contributed by atoms with Crippen molar-refractivity contribution in [2.45, 2.75) is 167 Å².